The molecule has 0 spiro atoms. The van der Waals surface area contributed by atoms with Crippen molar-refractivity contribution in [3.63, 3.8) is 0 Å². The summed E-state index contributed by atoms with van der Waals surface area (Å²) >= 11 is 0. The van der Waals surface area contributed by atoms with Crippen LogP contribution in [0.5, 0.6) is 5.75 Å². The lowest BCUT2D eigenvalue weighted by Gasteiger charge is -2.29. The summed E-state index contributed by atoms with van der Waals surface area (Å²) in [5.74, 6) is -1.18. The van der Waals surface area contributed by atoms with Crippen molar-refractivity contribution in [2.24, 2.45) is 5.92 Å². The van der Waals surface area contributed by atoms with E-state index in [4.69, 9.17) is 4.74 Å². The number of amides is 1. The summed E-state index contributed by atoms with van der Waals surface area (Å²) in [4.78, 5) is 28.6. The van der Waals surface area contributed by atoms with E-state index in [1.807, 2.05) is 12.1 Å². The van der Waals surface area contributed by atoms with Crippen LogP contribution in [0.4, 0.5) is 4.39 Å². The van der Waals surface area contributed by atoms with Crippen molar-refractivity contribution >= 4 is 11.9 Å². The Morgan fingerprint density at radius 1 is 0.925 bits per heavy atom. The number of nitrogens with zero attached hydrogens (tertiary/aromatic N) is 2. The molecule has 2 heterocycles. The molecule has 7 heteroatoms. The van der Waals surface area contributed by atoms with E-state index < -0.39 is 23.7 Å². The van der Waals surface area contributed by atoms with Gasteiger partial charge in [-0.15, -0.1) is 0 Å². The van der Waals surface area contributed by atoms with Gasteiger partial charge in [-0.25, -0.2) is 9.18 Å². The number of hydrogen-bond donors (Lipinski definition) is 1. The van der Waals surface area contributed by atoms with Gasteiger partial charge < -0.3 is 14.7 Å². The molecule has 0 radical (unpaired) electrons. The molecule has 6 rings (SSSR count). The minimum Gasteiger partial charge on any atom is -0.493 e. The van der Waals surface area contributed by atoms with E-state index in [1.165, 1.54) is 22.1 Å². The van der Waals surface area contributed by atoms with Crippen molar-refractivity contribution in [2.75, 3.05) is 26.2 Å². The van der Waals surface area contributed by atoms with Gasteiger partial charge in [0.2, 0.25) is 0 Å². The Bertz CT molecular complexity index is 1320. The molecule has 1 saturated carbocycles. The molecular formula is C33H35FN2O4. The highest BCUT2D eigenvalue weighted by Gasteiger charge is 2.37. The van der Waals surface area contributed by atoms with Crippen molar-refractivity contribution in [2.45, 2.75) is 50.1 Å². The third-order valence-electron chi connectivity index (χ3n) is 8.53. The summed E-state index contributed by atoms with van der Waals surface area (Å²) in [7, 11) is 0. The molecule has 3 aromatic rings. The number of carboxylic acids is 1. The van der Waals surface area contributed by atoms with Gasteiger partial charge in [0.05, 0.1) is 18.2 Å². The van der Waals surface area contributed by atoms with Crippen molar-refractivity contribution < 1.29 is 23.8 Å². The zero-order valence-electron chi connectivity index (χ0n) is 22.5. The van der Waals surface area contributed by atoms with Crippen LogP contribution in [0, 0.1) is 11.7 Å². The van der Waals surface area contributed by atoms with Gasteiger partial charge in [-0.1, -0.05) is 60.7 Å². The van der Waals surface area contributed by atoms with E-state index in [9.17, 15) is 14.7 Å². The van der Waals surface area contributed by atoms with E-state index in [-0.39, 0.29) is 17.5 Å². The topological polar surface area (TPSA) is 70.1 Å². The van der Waals surface area contributed by atoms with Gasteiger partial charge in [0, 0.05) is 25.1 Å². The highest BCUT2D eigenvalue weighted by molar-refractivity contribution is 5.97. The van der Waals surface area contributed by atoms with E-state index in [0.29, 0.717) is 37.7 Å². The third kappa shape index (κ3) is 5.48. The van der Waals surface area contributed by atoms with Crippen LogP contribution in [0.3, 0.4) is 0 Å². The maximum absolute atomic E-state index is 15.3. The number of aliphatic carboxylic acids is 1. The predicted molar refractivity (Wildman–Crippen MR) is 150 cm³/mol. The Morgan fingerprint density at radius 3 is 2.23 bits per heavy atom. The van der Waals surface area contributed by atoms with Crippen molar-refractivity contribution in [1.82, 2.24) is 9.80 Å². The molecule has 0 unspecified atom stereocenters. The summed E-state index contributed by atoms with van der Waals surface area (Å²) in [6.07, 6.45) is 3.94. The highest BCUT2D eigenvalue weighted by atomic mass is 19.1. The van der Waals surface area contributed by atoms with Gasteiger partial charge in [0.15, 0.2) is 0 Å². The first-order valence-electron chi connectivity index (χ1n) is 14.3. The molecule has 0 bridgehead atoms. The molecule has 3 fully saturated rings. The number of carbonyl (C=O) groups excluding carboxylic acids is 1. The van der Waals surface area contributed by atoms with Gasteiger partial charge in [-0.3, -0.25) is 9.69 Å². The third-order valence-corrected chi connectivity index (χ3v) is 8.53. The summed E-state index contributed by atoms with van der Waals surface area (Å²) in [6, 6.07) is 23.3. The second-order valence-electron chi connectivity index (χ2n) is 11.3. The Kier molecular flexibility index (Phi) is 7.57. The van der Waals surface area contributed by atoms with Gasteiger partial charge in [0.1, 0.15) is 17.6 Å². The van der Waals surface area contributed by atoms with Crippen LogP contribution < -0.4 is 4.74 Å². The monoisotopic (exact) mass is 542 g/mol. The Morgan fingerprint density at radius 2 is 1.60 bits per heavy atom. The van der Waals surface area contributed by atoms with Gasteiger partial charge in [0.25, 0.3) is 5.91 Å². The fraction of sp³-hybridized carbons (Fsp3) is 0.394. The lowest BCUT2D eigenvalue weighted by atomic mass is 9.97. The Labute approximate surface area is 234 Å². The number of carboxylic acid groups (broad SMARTS) is 1. The van der Waals surface area contributed by atoms with E-state index in [2.05, 4.69) is 53.4 Å². The standard InChI is InChI=1S/C33H35FN2O4/c34-28-19-30(26(23-13-14-23)18-27(28)32(37)36-16-7-12-29(36)33(38)39)40-21-22-15-17-35(20-22)31(24-8-3-1-4-9-24)25-10-5-2-6-11-25/h1-6,8-11,18-19,22-23,29,31H,7,12-17,20-21H2,(H,38,39)/t22-,29-/m0/s1. The smallest absolute Gasteiger partial charge is 0.326 e. The van der Waals surface area contributed by atoms with E-state index in [1.54, 1.807) is 6.07 Å². The maximum Gasteiger partial charge on any atom is 0.326 e. The first-order valence-corrected chi connectivity index (χ1v) is 14.3. The largest absolute Gasteiger partial charge is 0.493 e. The maximum atomic E-state index is 15.3. The normalized spacial score (nSPS) is 21.2. The van der Waals surface area contributed by atoms with Crippen molar-refractivity contribution in [3.8, 4) is 5.75 Å². The Balaban J connectivity index is 1.17. The van der Waals surface area contributed by atoms with Crippen LogP contribution >= 0.6 is 0 Å². The molecule has 208 valence electrons. The first-order chi connectivity index (χ1) is 19.5. The summed E-state index contributed by atoms with van der Waals surface area (Å²) < 4.78 is 21.6. The number of benzene rings is 3. The molecule has 2 atom stereocenters. The fourth-order valence-corrected chi connectivity index (χ4v) is 6.32. The highest BCUT2D eigenvalue weighted by Crippen LogP contribution is 2.45. The number of carbonyl (C=O) groups is 2. The summed E-state index contributed by atoms with van der Waals surface area (Å²) in [5.41, 5.74) is 3.33. The number of hydrogen-bond acceptors (Lipinski definition) is 4. The van der Waals surface area contributed by atoms with Crippen LogP contribution in [-0.4, -0.2) is 59.1 Å². The molecule has 2 aliphatic heterocycles. The molecule has 1 N–H and O–H groups in total. The van der Waals surface area contributed by atoms with Crippen LogP contribution in [0.15, 0.2) is 72.8 Å². The van der Waals surface area contributed by atoms with Gasteiger partial charge in [-0.2, -0.15) is 0 Å². The fourth-order valence-electron chi connectivity index (χ4n) is 6.32. The molecule has 3 aromatic carbocycles. The molecule has 1 amide bonds. The van der Waals surface area contributed by atoms with E-state index in [0.717, 1.165) is 37.9 Å². The van der Waals surface area contributed by atoms with Crippen molar-refractivity contribution in [1.29, 1.82) is 0 Å². The summed E-state index contributed by atoms with van der Waals surface area (Å²) in [5, 5.41) is 9.49. The predicted octanol–water partition coefficient (Wildman–Crippen LogP) is 5.88. The van der Waals surface area contributed by atoms with Crippen LogP contribution in [0.25, 0.3) is 0 Å². The molecular weight excluding hydrogens is 507 g/mol. The zero-order valence-corrected chi connectivity index (χ0v) is 22.5. The quantitative estimate of drug-likeness (QED) is 0.366. The van der Waals surface area contributed by atoms with Crippen LogP contribution in [-0.2, 0) is 4.79 Å². The molecule has 2 saturated heterocycles. The lowest BCUT2D eigenvalue weighted by molar-refractivity contribution is -0.141. The van der Waals surface area contributed by atoms with Gasteiger partial charge in [-0.05, 0) is 67.3 Å². The number of ether oxygens (including phenoxy) is 1. The number of likely N-dealkylation sites (tertiary alicyclic amines) is 2. The molecule has 6 nitrogen and oxygen atoms in total. The van der Waals surface area contributed by atoms with E-state index >= 15 is 4.39 Å². The molecule has 1 aliphatic carbocycles. The Hall–Kier alpha value is -3.71. The van der Waals surface area contributed by atoms with Crippen LogP contribution in [0.1, 0.15) is 71.1 Å². The van der Waals surface area contributed by atoms with Crippen LogP contribution in [0.2, 0.25) is 0 Å². The lowest BCUT2D eigenvalue weighted by Crippen LogP contribution is -2.40. The van der Waals surface area contributed by atoms with Crippen molar-refractivity contribution in [3.05, 3.63) is 101 Å². The summed E-state index contributed by atoms with van der Waals surface area (Å²) in [6.45, 7) is 2.63. The molecule has 3 aliphatic rings. The average molecular weight is 543 g/mol. The average Bonchev–Trinajstić information content (AvgIpc) is 3.49. The SMILES string of the molecule is O=C(O)[C@@H]1CCCN1C(=O)c1cc(C2CC2)c(OC[C@H]2CCN(C(c3ccccc3)c3ccccc3)C2)cc1F. The first kappa shape index (κ1) is 26.5. The molecule has 40 heavy (non-hydrogen) atoms. The zero-order chi connectivity index (χ0) is 27.6. The van der Waals surface area contributed by atoms with Gasteiger partial charge >= 0.3 is 5.97 Å². The second kappa shape index (κ2) is 11.4. The molecule has 0 aromatic heterocycles. The minimum atomic E-state index is -1.04. The second-order valence-corrected chi connectivity index (χ2v) is 11.3. The number of rotatable bonds is 9. The minimum absolute atomic E-state index is 0.0528. The number of halogens is 1.